The Kier molecular flexibility index (Phi) is 5.85. The van der Waals surface area contributed by atoms with Crippen molar-refractivity contribution >= 4 is 10.0 Å². The van der Waals surface area contributed by atoms with Crippen LogP contribution in [0.15, 0.2) is 0 Å². The molecule has 0 aliphatic carbocycles. The Morgan fingerprint density at radius 2 is 2.18 bits per heavy atom. The number of sulfonamides is 1. The number of hydrogen-bond acceptors (Lipinski definition) is 4. The molecule has 2 N–H and O–H groups in total. The first-order valence-electron chi connectivity index (χ1n) is 6.36. The number of likely N-dealkylation sites (tertiary alicyclic amines) is 1. The molecule has 0 amide bonds. The molecule has 1 fully saturated rings. The first kappa shape index (κ1) is 14.9. The lowest BCUT2D eigenvalue weighted by Crippen LogP contribution is -2.44. The fourth-order valence-electron chi connectivity index (χ4n) is 2.05. The lowest BCUT2D eigenvalue weighted by molar-refractivity contribution is 0.310. The molecule has 0 spiro atoms. The summed E-state index contributed by atoms with van der Waals surface area (Å²) in [6.07, 6.45) is 2.25. The molecular weight excluding hydrogens is 238 g/mol. The number of likely N-dealkylation sites (N-methyl/N-ethyl adjacent to an activating group) is 1. The van der Waals surface area contributed by atoms with Gasteiger partial charge in [-0.25, -0.2) is 13.1 Å². The van der Waals surface area contributed by atoms with Crippen molar-refractivity contribution in [3.63, 3.8) is 0 Å². The highest BCUT2D eigenvalue weighted by atomic mass is 32.2. The van der Waals surface area contributed by atoms with E-state index < -0.39 is 10.0 Å². The summed E-state index contributed by atoms with van der Waals surface area (Å²) >= 11 is 0. The van der Waals surface area contributed by atoms with E-state index in [1.165, 1.54) is 0 Å². The van der Waals surface area contributed by atoms with Crippen molar-refractivity contribution in [2.24, 2.45) is 0 Å². The molecule has 1 rings (SSSR count). The molecule has 0 saturated carbocycles. The fraction of sp³-hybridized carbons (Fsp3) is 1.00. The third-order valence-corrected chi connectivity index (χ3v) is 5.20. The van der Waals surface area contributed by atoms with Crippen LogP contribution in [0.2, 0.25) is 0 Å². The predicted octanol–water partition coefficient (Wildman–Crippen LogP) is -0.00200. The van der Waals surface area contributed by atoms with Crippen LogP contribution >= 0.6 is 0 Å². The third kappa shape index (κ3) is 4.54. The van der Waals surface area contributed by atoms with Gasteiger partial charge < -0.3 is 10.2 Å². The van der Waals surface area contributed by atoms with Gasteiger partial charge in [-0.05, 0) is 39.9 Å². The maximum Gasteiger partial charge on any atom is 0.215 e. The topological polar surface area (TPSA) is 61.4 Å². The highest BCUT2D eigenvalue weighted by molar-refractivity contribution is 7.90. The zero-order valence-corrected chi connectivity index (χ0v) is 11.9. The molecule has 0 aromatic rings. The van der Waals surface area contributed by atoms with Gasteiger partial charge in [0.2, 0.25) is 10.0 Å². The lowest BCUT2D eigenvalue weighted by Gasteiger charge is -2.21. The van der Waals surface area contributed by atoms with Crippen LogP contribution in [0.25, 0.3) is 0 Å². The smallest absolute Gasteiger partial charge is 0.215 e. The minimum absolute atomic E-state index is 0.358. The second-order valence-corrected chi connectivity index (χ2v) is 6.97. The van der Waals surface area contributed by atoms with Crippen LogP contribution in [0, 0.1) is 0 Å². The van der Waals surface area contributed by atoms with Gasteiger partial charge in [0.15, 0.2) is 0 Å². The molecule has 2 atom stereocenters. The van der Waals surface area contributed by atoms with Crippen molar-refractivity contribution in [3.8, 4) is 0 Å². The zero-order chi connectivity index (χ0) is 12.9. The molecule has 102 valence electrons. The van der Waals surface area contributed by atoms with Crippen LogP contribution in [-0.2, 0) is 10.0 Å². The molecule has 1 heterocycles. The molecule has 6 heteroatoms. The van der Waals surface area contributed by atoms with Gasteiger partial charge in [0.05, 0.1) is 5.25 Å². The Bertz CT molecular complexity index is 319. The summed E-state index contributed by atoms with van der Waals surface area (Å²) in [4.78, 5) is 2.22. The van der Waals surface area contributed by atoms with Gasteiger partial charge in [0.1, 0.15) is 0 Å². The summed E-state index contributed by atoms with van der Waals surface area (Å²) in [6, 6.07) is 0.358. The number of hydrogen-bond donors (Lipinski definition) is 2. The van der Waals surface area contributed by atoms with Crippen LogP contribution in [-0.4, -0.2) is 57.8 Å². The summed E-state index contributed by atoms with van der Waals surface area (Å²) in [5.74, 6) is 0. The summed E-state index contributed by atoms with van der Waals surface area (Å²) in [5, 5.41) is 2.68. The maximum atomic E-state index is 11.9. The molecule has 17 heavy (non-hydrogen) atoms. The van der Waals surface area contributed by atoms with Gasteiger partial charge in [-0.2, -0.15) is 0 Å². The Morgan fingerprint density at radius 3 is 2.71 bits per heavy atom. The zero-order valence-electron chi connectivity index (χ0n) is 11.1. The van der Waals surface area contributed by atoms with Crippen molar-refractivity contribution in [2.75, 3.05) is 33.2 Å². The Labute approximate surface area is 105 Å². The lowest BCUT2D eigenvalue weighted by atomic mass is 10.2. The molecule has 1 aliphatic rings. The average Bonchev–Trinajstić information content (AvgIpc) is 2.69. The molecule has 1 aliphatic heterocycles. The van der Waals surface area contributed by atoms with Crippen molar-refractivity contribution in [2.45, 2.75) is 38.0 Å². The first-order valence-corrected chi connectivity index (χ1v) is 7.91. The quantitative estimate of drug-likeness (QED) is 0.679. The van der Waals surface area contributed by atoms with Gasteiger partial charge in [-0.3, -0.25) is 0 Å². The molecule has 0 aromatic carbocycles. The summed E-state index contributed by atoms with van der Waals surface area (Å²) < 4.78 is 26.6. The highest BCUT2D eigenvalue weighted by Crippen LogP contribution is 2.14. The Balaban J connectivity index is 2.38. The molecule has 0 bridgehead atoms. The largest absolute Gasteiger partial charge is 0.316 e. The second-order valence-electron chi connectivity index (χ2n) is 4.79. The first-order chi connectivity index (χ1) is 7.97. The van der Waals surface area contributed by atoms with E-state index in [9.17, 15) is 8.42 Å². The van der Waals surface area contributed by atoms with Crippen molar-refractivity contribution in [1.29, 1.82) is 0 Å². The Morgan fingerprint density at radius 1 is 1.47 bits per heavy atom. The molecule has 2 unspecified atom stereocenters. The fourth-order valence-corrected chi connectivity index (χ4v) is 3.10. The molecular formula is C11H25N3O2S. The summed E-state index contributed by atoms with van der Waals surface area (Å²) in [6.45, 7) is 6.62. The highest BCUT2D eigenvalue weighted by Gasteiger charge is 2.25. The summed E-state index contributed by atoms with van der Waals surface area (Å²) in [7, 11) is -1.13. The van der Waals surface area contributed by atoms with Crippen LogP contribution in [0.3, 0.4) is 0 Å². The molecule has 1 saturated heterocycles. The number of rotatable bonds is 7. The monoisotopic (exact) mass is 263 g/mol. The predicted molar refractivity (Wildman–Crippen MR) is 70.6 cm³/mol. The van der Waals surface area contributed by atoms with E-state index in [1.807, 2.05) is 14.0 Å². The van der Waals surface area contributed by atoms with E-state index >= 15 is 0 Å². The van der Waals surface area contributed by atoms with Crippen molar-refractivity contribution < 1.29 is 8.42 Å². The second kappa shape index (κ2) is 6.68. The minimum atomic E-state index is -3.18. The van der Waals surface area contributed by atoms with Gasteiger partial charge in [0, 0.05) is 19.1 Å². The number of nitrogens with zero attached hydrogens (tertiary/aromatic N) is 1. The van der Waals surface area contributed by atoms with Gasteiger partial charge in [-0.15, -0.1) is 0 Å². The normalized spacial score (nSPS) is 24.1. The third-order valence-electron chi connectivity index (χ3n) is 3.40. The van der Waals surface area contributed by atoms with E-state index in [0.29, 0.717) is 19.1 Å². The standard InChI is InChI=1S/C11H25N3O2S/c1-4-12-8-10(2)17(15,16)13-9-11-6-5-7-14(11)3/h10-13H,4-9H2,1-3H3. The molecule has 0 aromatic heterocycles. The molecule has 0 radical (unpaired) electrons. The van der Waals surface area contributed by atoms with E-state index in [-0.39, 0.29) is 5.25 Å². The van der Waals surface area contributed by atoms with E-state index in [2.05, 4.69) is 14.9 Å². The van der Waals surface area contributed by atoms with Gasteiger partial charge in [0.25, 0.3) is 0 Å². The average molecular weight is 263 g/mol. The van der Waals surface area contributed by atoms with Crippen molar-refractivity contribution in [3.05, 3.63) is 0 Å². The van der Waals surface area contributed by atoms with Crippen LogP contribution in [0.1, 0.15) is 26.7 Å². The minimum Gasteiger partial charge on any atom is -0.316 e. The van der Waals surface area contributed by atoms with E-state index in [1.54, 1.807) is 6.92 Å². The summed E-state index contributed by atoms with van der Waals surface area (Å²) in [5.41, 5.74) is 0. The van der Waals surface area contributed by atoms with Gasteiger partial charge in [-0.1, -0.05) is 6.92 Å². The Hall–Kier alpha value is -0.170. The maximum absolute atomic E-state index is 11.9. The van der Waals surface area contributed by atoms with Crippen LogP contribution in [0.4, 0.5) is 0 Å². The van der Waals surface area contributed by atoms with Crippen molar-refractivity contribution in [1.82, 2.24) is 14.9 Å². The SMILES string of the molecule is CCNCC(C)S(=O)(=O)NCC1CCCN1C. The van der Waals surface area contributed by atoms with Crippen LogP contribution < -0.4 is 10.0 Å². The van der Waals surface area contributed by atoms with Crippen LogP contribution in [0.5, 0.6) is 0 Å². The van der Waals surface area contributed by atoms with Gasteiger partial charge >= 0.3 is 0 Å². The molecule has 5 nitrogen and oxygen atoms in total. The van der Waals surface area contributed by atoms with E-state index in [4.69, 9.17) is 0 Å². The number of nitrogens with one attached hydrogen (secondary N) is 2. The van der Waals surface area contributed by atoms with E-state index in [0.717, 1.165) is 25.9 Å².